The van der Waals surface area contributed by atoms with Crippen LogP contribution >= 0.6 is 11.3 Å². The Balaban J connectivity index is 1.42. The highest BCUT2D eigenvalue weighted by Crippen LogP contribution is 2.15. The predicted octanol–water partition coefficient (Wildman–Crippen LogP) is 2.67. The minimum atomic E-state index is 0.00594. The highest BCUT2D eigenvalue weighted by molar-refractivity contribution is 7.09. The van der Waals surface area contributed by atoms with Crippen molar-refractivity contribution in [2.24, 2.45) is 0 Å². The van der Waals surface area contributed by atoms with Crippen LogP contribution in [0, 0.1) is 0 Å². The number of hydrogen-bond acceptors (Lipinski definition) is 5. The molecular formula is C19H22N2O3S. The van der Waals surface area contributed by atoms with Crippen molar-refractivity contribution in [1.29, 1.82) is 0 Å². The molecule has 1 aliphatic rings. The number of carbonyl (C=O) groups is 2. The molecule has 25 heavy (non-hydrogen) atoms. The van der Waals surface area contributed by atoms with E-state index >= 15 is 0 Å². The Bertz CT molecular complexity index is 705. The van der Waals surface area contributed by atoms with E-state index < -0.39 is 0 Å². The highest BCUT2D eigenvalue weighted by Gasteiger charge is 2.21. The van der Waals surface area contributed by atoms with E-state index in [2.05, 4.69) is 22.4 Å². The van der Waals surface area contributed by atoms with E-state index in [9.17, 15) is 9.59 Å². The van der Waals surface area contributed by atoms with Crippen LogP contribution in [0.4, 0.5) is 0 Å². The molecule has 0 N–H and O–H groups in total. The van der Waals surface area contributed by atoms with Gasteiger partial charge in [0.2, 0.25) is 0 Å². The van der Waals surface area contributed by atoms with Crippen LogP contribution in [-0.4, -0.2) is 54.3 Å². The van der Waals surface area contributed by atoms with Crippen molar-refractivity contribution in [2.45, 2.75) is 13.5 Å². The van der Waals surface area contributed by atoms with Gasteiger partial charge >= 0.3 is 0 Å². The molecule has 1 aromatic carbocycles. The van der Waals surface area contributed by atoms with Gasteiger partial charge in [0.1, 0.15) is 5.75 Å². The number of benzene rings is 1. The molecule has 3 rings (SSSR count). The van der Waals surface area contributed by atoms with Crippen molar-refractivity contribution in [3.05, 3.63) is 52.2 Å². The second kappa shape index (κ2) is 8.27. The molecule has 0 unspecified atom stereocenters. The minimum Gasteiger partial charge on any atom is -0.484 e. The van der Waals surface area contributed by atoms with Gasteiger partial charge in [-0.2, -0.15) is 0 Å². The average molecular weight is 358 g/mol. The van der Waals surface area contributed by atoms with Gasteiger partial charge in [-0.05, 0) is 42.6 Å². The van der Waals surface area contributed by atoms with Gasteiger partial charge in [0.15, 0.2) is 12.4 Å². The lowest BCUT2D eigenvalue weighted by molar-refractivity contribution is -0.135. The molecule has 0 radical (unpaired) electrons. The SMILES string of the molecule is CC(=O)c1ccc(OCC(=O)N2CCN(Cc3cccs3)CC2)cc1. The van der Waals surface area contributed by atoms with E-state index in [4.69, 9.17) is 4.74 Å². The number of Topliss-reactive ketones (excluding diaryl/α,β-unsaturated/α-hetero) is 1. The molecule has 0 spiro atoms. The molecule has 0 saturated carbocycles. The Hall–Kier alpha value is -2.18. The second-order valence-corrected chi connectivity index (χ2v) is 7.14. The smallest absolute Gasteiger partial charge is 0.260 e. The van der Waals surface area contributed by atoms with E-state index in [1.165, 1.54) is 11.8 Å². The number of hydrogen-bond donors (Lipinski definition) is 0. The zero-order chi connectivity index (χ0) is 17.6. The highest BCUT2D eigenvalue weighted by atomic mass is 32.1. The van der Waals surface area contributed by atoms with Crippen LogP contribution in [0.2, 0.25) is 0 Å². The Labute approximate surface area is 151 Å². The zero-order valence-electron chi connectivity index (χ0n) is 14.3. The minimum absolute atomic E-state index is 0.00594. The number of amides is 1. The number of rotatable bonds is 6. The summed E-state index contributed by atoms with van der Waals surface area (Å²) in [6.45, 7) is 5.75. The van der Waals surface area contributed by atoms with Crippen molar-refractivity contribution < 1.29 is 14.3 Å². The summed E-state index contributed by atoms with van der Waals surface area (Å²) >= 11 is 1.77. The quantitative estimate of drug-likeness (QED) is 0.745. The van der Waals surface area contributed by atoms with E-state index in [0.717, 1.165) is 32.7 Å². The zero-order valence-corrected chi connectivity index (χ0v) is 15.1. The van der Waals surface area contributed by atoms with Crippen LogP contribution in [0.15, 0.2) is 41.8 Å². The second-order valence-electron chi connectivity index (χ2n) is 6.11. The van der Waals surface area contributed by atoms with Gasteiger partial charge in [0.25, 0.3) is 5.91 Å². The van der Waals surface area contributed by atoms with Crippen molar-refractivity contribution in [1.82, 2.24) is 9.80 Å². The van der Waals surface area contributed by atoms with Gasteiger partial charge in [-0.25, -0.2) is 0 Å². The van der Waals surface area contributed by atoms with E-state index in [1.54, 1.807) is 35.6 Å². The van der Waals surface area contributed by atoms with Crippen molar-refractivity contribution in [3.63, 3.8) is 0 Å². The van der Waals surface area contributed by atoms with Gasteiger partial charge in [0.05, 0.1) is 0 Å². The monoisotopic (exact) mass is 358 g/mol. The normalized spacial score (nSPS) is 15.2. The lowest BCUT2D eigenvalue weighted by Gasteiger charge is -2.34. The molecule has 2 aromatic rings. The first-order valence-corrected chi connectivity index (χ1v) is 9.26. The molecule has 1 saturated heterocycles. The van der Waals surface area contributed by atoms with Gasteiger partial charge < -0.3 is 9.64 Å². The van der Waals surface area contributed by atoms with Crippen LogP contribution < -0.4 is 4.74 Å². The molecule has 0 atom stereocenters. The average Bonchev–Trinajstić information content (AvgIpc) is 3.13. The van der Waals surface area contributed by atoms with Crippen molar-refractivity contribution in [3.8, 4) is 5.75 Å². The van der Waals surface area contributed by atoms with Crippen molar-refractivity contribution in [2.75, 3.05) is 32.8 Å². The van der Waals surface area contributed by atoms with Crippen LogP contribution in [0.5, 0.6) is 5.75 Å². The predicted molar refractivity (Wildman–Crippen MR) is 98.1 cm³/mol. The molecule has 5 nitrogen and oxygen atoms in total. The number of nitrogens with zero attached hydrogens (tertiary/aromatic N) is 2. The topological polar surface area (TPSA) is 49.9 Å². The van der Waals surface area contributed by atoms with Gasteiger partial charge in [-0.1, -0.05) is 6.07 Å². The number of ketones is 1. The third-order valence-electron chi connectivity index (χ3n) is 4.31. The lowest BCUT2D eigenvalue weighted by atomic mass is 10.1. The number of piperazine rings is 1. The summed E-state index contributed by atoms with van der Waals surface area (Å²) in [6, 6.07) is 11.1. The fourth-order valence-electron chi connectivity index (χ4n) is 2.80. The molecular weight excluding hydrogens is 336 g/mol. The largest absolute Gasteiger partial charge is 0.484 e. The molecule has 0 bridgehead atoms. The Kier molecular flexibility index (Phi) is 5.83. The fourth-order valence-corrected chi connectivity index (χ4v) is 3.55. The number of carbonyl (C=O) groups excluding carboxylic acids is 2. The summed E-state index contributed by atoms with van der Waals surface area (Å²) < 4.78 is 5.55. The first-order valence-electron chi connectivity index (χ1n) is 8.38. The summed E-state index contributed by atoms with van der Waals surface area (Å²) in [4.78, 5) is 29.1. The van der Waals surface area contributed by atoms with Gasteiger partial charge in [-0.3, -0.25) is 14.5 Å². The summed E-state index contributed by atoms with van der Waals surface area (Å²) in [6.07, 6.45) is 0. The summed E-state index contributed by atoms with van der Waals surface area (Å²) in [5.41, 5.74) is 0.639. The third kappa shape index (κ3) is 4.90. The molecule has 1 fully saturated rings. The van der Waals surface area contributed by atoms with E-state index in [-0.39, 0.29) is 18.3 Å². The molecule has 2 heterocycles. The molecule has 132 valence electrons. The summed E-state index contributed by atoms with van der Waals surface area (Å²) in [5.74, 6) is 0.629. The first kappa shape index (κ1) is 17.6. The van der Waals surface area contributed by atoms with E-state index in [0.29, 0.717) is 11.3 Å². The molecule has 6 heteroatoms. The molecule has 1 amide bonds. The maximum Gasteiger partial charge on any atom is 0.260 e. The lowest BCUT2D eigenvalue weighted by Crippen LogP contribution is -2.49. The number of thiophene rings is 1. The Morgan fingerprint density at radius 3 is 2.40 bits per heavy atom. The number of ether oxygens (including phenoxy) is 1. The standard InChI is InChI=1S/C19H22N2O3S/c1-15(22)16-4-6-17(7-5-16)24-14-19(23)21-10-8-20(9-11-21)13-18-3-2-12-25-18/h2-7,12H,8-11,13-14H2,1H3. The van der Waals surface area contributed by atoms with E-state index in [1.807, 2.05) is 4.90 Å². The maximum absolute atomic E-state index is 12.3. The maximum atomic E-state index is 12.3. The fraction of sp³-hybridized carbons (Fsp3) is 0.368. The Morgan fingerprint density at radius 2 is 1.80 bits per heavy atom. The Morgan fingerprint density at radius 1 is 1.08 bits per heavy atom. The van der Waals surface area contributed by atoms with Crippen molar-refractivity contribution >= 4 is 23.0 Å². The third-order valence-corrected chi connectivity index (χ3v) is 5.17. The van der Waals surface area contributed by atoms with Crippen LogP contribution in [0.3, 0.4) is 0 Å². The van der Waals surface area contributed by atoms with Crippen LogP contribution in [0.25, 0.3) is 0 Å². The van der Waals surface area contributed by atoms with Gasteiger partial charge in [-0.15, -0.1) is 11.3 Å². The summed E-state index contributed by atoms with van der Waals surface area (Å²) in [5, 5.41) is 2.09. The molecule has 1 aliphatic heterocycles. The first-order chi connectivity index (χ1) is 12.1. The molecule has 0 aliphatic carbocycles. The van der Waals surface area contributed by atoms with Crippen LogP contribution in [0.1, 0.15) is 22.2 Å². The van der Waals surface area contributed by atoms with Gasteiger partial charge in [0, 0.05) is 43.2 Å². The molecule has 1 aromatic heterocycles. The summed E-state index contributed by atoms with van der Waals surface area (Å²) in [7, 11) is 0. The van der Waals surface area contributed by atoms with Crippen LogP contribution in [-0.2, 0) is 11.3 Å².